The van der Waals surface area contributed by atoms with Crippen molar-refractivity contribution in [1.29, 1.82) is 0 Å². The van der Waals surface area contributed by atoms with E-state index < -0.39 is 0 Å². The Bertz CT molecular complexity index is 1560. The molecule has 1 radical (unpaired) electrons. The van der Waals surface area contributed by atoms with Crippen LogP contribution in [0, 0.1) is 37.7 Å². The molecule has 0 saturated heterocycles. The minimum Gasteiger partial charge on any atom is -0.376 e. The number of hydrogen-bond acceptors (Lipinski definition) is 2. The molecule has 0 saturated carbocycles. The summed E-state index contributed by atoms with van der Waals surface area (Å²) in [6, 6.07) is 38.2. The topological polar surface area (TPSA) is 20.3 Å². The van der Waals surface area contributed by atoms with Gasteiger partial charge in [0.05, 0.1) is 6.29 Å². The van der Waals surface area contributed by atoms with Gasteiger partial charge in [-0.05, 0) is 58.3 Å². The third kappa shape index (κ3) is 4.00. The second-order valence-corrected chi connectivity index (χ2v) is 9.42. The van der Waals surface area contributed by atoms with Gasteiger partial charge < -0.3 is 9.69 Å². The van der Waals surface area contributed by atoms with Crippen molar-refractivity contribution in [2.24, 2.45) is 0 Å². The molecule has 35 heavy (non-hydrogen) atoms. The van der Waals surface area contributed by atoms with E-state index in [2.05, 4.69) is 110 Å². The summed E-state index contributed by atoms with van der Waals surface area (Å²) in [6.45, 7) is 4.52. The molecule has 3 heteroatoms. The molecule has 0 amide bonds. The molecular weight excluding hydrogens is 579 g/mol. The second kappa shape index (κ2) is 9.27. The number of fused-ring (bicyclic) bond motifs is 4. The fraction of sp³-hybridized carbons (Fsp3) is 0.0938. The van der Waals surface area contributed by atoms with Crippen LogP contribution in [0.15, 0.2) is 109 Å². The van der Waals surface area contributed by atoms with Crippen molar-refractivity contribution in [2.45, 2.75) is 19.3 Å². The molecule has 1 aliphatic rings. The molecule has 0 spiro atoms. The van der Waals surface area contributed by atoms with Gasteiger partial charge in [-0.3, -0.25) is 0 Å². The van der Waals surface area contributed by atoms with Crippen molar-refractivity contribution in [2.75, 3.05) is 4.90 Å². The maximum absolute atomic E-state index is 11.3. The maximum Gasteiger partial charge on any atom is 0.0627 e. The number of para-hydroxylation sites is 1. The summed E-state index contributed by atoms with van der Waals surface area (Å²) < 4.78 is 0. The quantitative estimate of drug-likeness (QED) is 0.153. The molecule has 1 aliphatic carbocycles. The third-order valence-electron chi connectivity index (χ3n) is 7.04. The minimum atomic E-state index is -0.159. The first-order chi connectivity index (χ1) is 16.6. The van der Waals surface area contributed by atoms with Crippen LogP contribution in [0.1, 0.15) is 30.5 Å². The van der Waals surface area contributed by atoms with Crippen LogP contribution >= 0.6 is 0 Å². The molecule has 0 aliphatic heterocycles. The van der Waals surface area contributed by atoms with Gasteiger partial charge in [0.15, 0.2) is 0 Å². The van der Waals surface area contributed by atoms with Gasteiger partial charge in [-0.25, -0.2) is 0 Å². The second-order valence-electron chi connectivity index (χ2n) is 9.42. The van der Waals surface area contributed by atoms with Gasteiger partial charge in [-0.2, -0.15) is 17.7 Å². The van der Waals surface area contributed by atoms with E-state index >= 15 is 0 Å². The Kier molecular flexibility index (Phi) is 6.31. The molecule has 175 valence electrons. The fourth-order valence-electron chi connectivity index (χ4n) is 5.28. The molecule has 6 rings (SSSR count). The van der Waals surface area contributed by atoms with Crippen LogP contribution in [-0.2, 0) is 10.2 Å². The Morgan fingerprint density at radius 2 is 1.29 bits per heavy atom. The minimum absolute atomic E-state index is 0. The van der Waals surface area contributed by atoms with E-state index in [0.29, 0.717) is 5.56 Å². The normalized spacial score (nSPS) is 13.0. The number of benzene rings is 5. The summed E-state index contributed by atoms with van der Waals surface area (Å²) >= 11 is 0. The molecule has 0 bridgehead atoms. The largest absolute Gasteiger partial charge is 0.376 e. The summed E-state index contributed by atoms with van der Waals surface area (Å²) in [6.07, 6.45) is 2.04. The first-order valence-electron chi connectivity index (χ1n) is 11.6. The molecule has 5 aromatic carbocycles. The summed E-state index contributed by atoms with van der Waals surface area (Å²) in [5.74, 6) is 0. The molecular formula is C32H24HoNO-. The molecule has 5 aromatic rings. The van der Waals surface area contributed by atoms with Gasteiger partial charge in [0, 0.05) is 60.2 Å². The average molecular weight is 603 g/mol. The van der Waals surface area contributed by atoms with Crippen LogP contribution in [0.5, 0.6) is 0 Å². The van der Waals surface area contributed by atoms with Gasteiger partial charge in [0.1, 0.15) is 0 Å². The monoisotopic (exact) mass is 603 g/mol. The van der Waals surface area contributed by atoms with Crippen LogP contribution in [0.25, 0.3) is 21.9 Å². The Balaban J connectivity index is 0.00000253. The van der Waals surface area contributed by atoms with Crippen LogP contribution < -0.4 is 4.90 Å². The van der Waals surface area contributed by atoms with E-state index in [1.54, 1.807) is 0 Å². The van der Waals surface area contributed by atoms with Crippen molar-refractivity contribution >= 4 is 34.1 Å². The number of hydrogen-bond donors (Lipinski definition) is 0. The van der Waals surface area contributed by atoms with Crippen molar-refractivity contribution in [1.82, 2.24) is 0 Å². The Morgan fingerprint density at radius 1 is 0.600 bits per heavy atom. The summed E-state index contributed by atoms with van der Waals surface area (Å²) in [5.41, 5.74) is 8.61. The summed E-state index contributed by atoms with van der Waals surface area (Å²) in [5, 5.41) is 2.44. The van der Waals surface area contributed by atoms with E-state index in [1.807, 2.05) is 24.5 Å². The maximum atomic E-state index is 11.3. The Labute approximate surface area is 236 Å². The standard InChI is InChI=1S/C32H24NO.Ho/c1-32(2)30-17-12-22(21-34)18-29(30)28-16-15-27(20-31(28)32)33(25-10-4-3-5-11-25)26-14-13-23-8-6-7-9-24(23)19-26;/h3-20H,1-2H3;/q-1;. The van der Waals surface area contributed by atoms with Gasteiger partial charge in [0.2, 0.25) is 0 Å². The van der Waals surface area contributed by atoms with Crippen molar-refractivity contribution in [3.8, 4) is 11.1 Å². The zero-order chi connectivity index (χ0) is 23.3. The fourth-order valence-corrected chi connectivity index (χ4v) is 5.28. The smallest absolute Gasteiger partial charge is 0.0627 e. The van der Waals surface area contributed by atoms with E-state index in [4.69, 9.17) is 0 Å². The summed E-state index contributed by atoms with van der Waals surface area (Å²) in [4.78, 5) is 13.6. The predicted molar refractivity (Wildman–Crippen MR) is 141 cm³/mol. The average Bonchev–Trinajstić information content (AvgIpc) is 3.10. The zero-order valence-corrected chi connectivity index (χ0v) is 21.5. The van der Waals surface area contributed by atoms with Crippen molar-refractivity contribution in [3.63, 3.8) is 0 Å². The van der Waals surface area contributed by atoms with Gasteiger partial charge >= 0.3 is 0 Å². The van der Waals surface area contributed by atoms with Crippen LogP contribution in [-0.4, -0.2) is 6.29 Å². The van der Waals surface area contributed by atoms with Gasteiger partial charge in [-0.15, -0.1) is 6.07 Å². The molecule has 0 unspecified atom stereocenters. The molecule has 0 heterocycles. The number of rotatable bonds is 4. The van der Waals surface area contributed by atoms with Crippen LogP contribution in [0.2, 0.25) is 0 Å². The van der Waals surface area contributed by atoms with Crippen molar-refractivity contribution < 1.29 is 42.5 Å². The van der Waals surface area contributed by atoms with Gasteiger partial charge in [-0.1, -0.05) is 79.6 Å². The van der Waals surface area contributed by atoms with E-state index in [0.717, 1.165) is 22.6 Å². The van der Waals surface area contributed by atoms with Crippen LogP contribution in [0.4, 0.5) is 17.1 Å². The van der Waals surface area contributed by atoms with Crippen molar-refractivity contribution in [3.05, 3.63) is 126 Å². The molecule has 0 atom stereocenters. The summed E-state index contributed by atoms with van der Waals surface area (Å²) in [7, 11) is 0. The SMILES string of the molecule is CC1(C)c2ccc([C-]=O)cc2-c2ccc(N(c3ccccc3)c3ccc4ccccc4c3)cc21.[Ho]. The third-order valence-corrected chi connectivity index (χ3v) is 7.04. The number of anilines is 3. The van der Waals surface area contributed by atoms with Crippen LogP contribution in [0.3, 0.4) is 0 Å². The Hall–Kier alpha value is -2.91. The zero-order valence-electron chi connectivity index (χ0n) is 19.5. The first kappa shape index (κ1) is 23.8. The predicted octanol–water partition coefficient (Wildman–Crippen LogP) is 8.07. The van der Waals surface area contributed by atoms with E-state index in [-0.39, 0.29) is 43.2 Å². The Morgan fingerprint density at radius 3 is 2.06 bits per heavy atom. The van der Waals surface area contributed by atoms with E-state index in [9.17, 15) is 4.79 Å². The van der Waals surface area contributed by atoms with Gasteiger partial charge in [0.25, 0.3) is 0 Å². The molecule has 0 fully saturated rings. The number of carbonyl (C=O) groups excluding carboxylic acids is 1. The molecule has 2 nitrogen and oxygen atoms in total. The molecule has 0 N–H and O–H groups in total. The number of nitrogens with zero attached hydrogens (tertiary/aromatic N) is 1. The van der Waals surface area contributed by atoms with E-state index in [1.165, 1.54) is 27.5 Å². The molecule has 0 aromatic heterocycles. The first-order valence-corrected chi connectivity index (χ1v) is 11.6.